The van der Waals surface area contributed by atoms with Crippen molar-refractivity contribution in [2.24, 2.45) is 34.5 Å². The summed E-state index contributed by atoms with van der Waals surface area (Å²) in [4.78, 5) is 15.0. The first kappa shape index (κ1) is 24.7. The maximum absolute atomic E-state index is 12.3. The Morgan fingerprint density at radius 2 is 1.69 bits per heavy atom. The molecule has 2 heterocycles. The van der Waals surface area contributed by atoms with Gasteiger partial charge in [-0.25, -0.2) is 0 Å². The minimum absolute atomic E-state index is 0.0742. The molecule has 2 saturated heterocycles. The first-order chi connectivity index (χ1) is 16.7. The molecular weight excluding hydrogens is 436 g/mol. The molecule has 4 saturated carbocycles. The average Bonchev–Trinajstić information content (AvgIpc) is 3.54. The van der Waals surface area contributed by atoms with Crippen LogP contribution < -0.4 is 0 Å². The van der Waals surface area contributed by atoms with Gasteiger partial charge >= 0.3 is 5.97 Å². The van der Waals surface area contributed by atoms with E-state index in [1.807, 2.05) is 0 Å². The number of likely N-dealkylation sites (N-methyl/N-ethyl adjacent to an activating group) is 1. The molecule has 2 aliphatic heterocycles. The summed E-state index contributed by atoms with van der Waals surface area (Å²) in [5, 5.41) is 11.2. The zero-order valence-electron chi connectivity index (χ0n) is 22.9. The van der Waals surface area contributed by atoms with Gasteiger partial charge in [-0.3, -0.25) is 9.69 Å². The molecule has 1 N–H and O–H groups in total. The third-order valence-electron chi connectivity index (χ3n) is 12.9. The van der Waals surface area contributed by atoms with Gasteiger partial charge in [0.25, 0.3) is 0 Å². The quantitative estimate of drug-likeness (QED) is 0.466. The largest absolute Gasteiger partial charge is 0.456 e. The summed E-state index contributed by atoms with van der Waals surface area (Å²) in [7, 11) is 2.45. The van der Waals surface area contributed by atoms with Gasteiger partial charge in [-0.2, -0.15) is 0 Å². The second-order valence-corrected chi connectivity index (χ2v) is 14.5. The van der Waals surface area contributed by atoms with E-state index in [0.717, 1.165) is 22.7 Å². The van der Waals surface area contributed by atoms with Crippen molar-refractivity contribution in [3.63, 3.8) is 0 Å². The summed E-state index contributed by atoms with van der Waals surface area (Å²) in [5.41, 5.74) is 0.463. The van der Waals surface area contributed by atoms with Gasteiger partial charge < -0.3 is 14.3 Å². The van der Waals surface area contributed by atoms with Gasteiger partial charge in [-0.1, -0.05) is 13.8 Å². The Balaban J connectivity index is 1.30. The van der Waals surface area contributed by atoms with E-state index in [2.05, 4.69) is 25.8 Å². The van der Waals surface area contributed by atoms with Crippen LogP contribution >= 0.6 is 0 Å². The molecule has 4 aliphatic carbocycles. The number of aliphatic hydroxyl groups excluding tert-OH is 1. The standard InChI is InChI=1S/C30H51N2O3/c1-20(33)35-28-26(32(4)15-7-8-16-32)18-24-22-10-9-21-17-27(34)25(31-13-5-6-14-31)19-30(21,3)23(22)11-12-29(24,28)2/h21-28,34H,5-19H2,1-4H3/q+1/t21-,22+,23-,24-,25-,26-,27-,28+,29-,30-/m0/s1. The maximum atomic E-state index is 12.3. The monoisotopic (exact) mass is 487 g/mol. The number of hydrogen-bond donors (Lipinski definition) is 1. The van der Waals surface area contributed by atoms with Crippen LogP contribution in [0.4, 0.5) is 0 Å². The summed E-state index contributed by atoms with van der Waals surface area (Å²) in [6, 6.07) is 0.830. The highest BCUT2D eigenvalue weighted by atomic mass is 16.5. The fourth-order valence-electron chi connectivity index (χ4n) is 11.1. The second kappa shape index (κ2) is 8.70. The van der Waals surface area contributed by atoms with Gasteiger partial charge in [-0.15, -0.1) is 0 Å². The first-order valence-corrected chi connectivity index (χ1v) is 15.1. The van der Waals surface area contributed by atoms with Crippen LogP contribution in [0.15, 0.2) is 0 Å². The molecule has 10 atom stereocenters. The van der Waals surface area contributed by atoms with Crippen LogP contribution in [0.25, 0.3) is 0 Å². The van der Waals surface area contributed by atoms with E-state index in [4.69, 9.17) is 4.74 Å². The van der Waals surface area contributed by atoms with E-state index in [1.54, 1.807) is 6.92 Å². The lowest BCUT2D eigenvalue weighted by molar-refractivity contribution is -0.924. The molecule has 0 unspecified atom stereocenters. The van der Waals surface area contributed by atoms with Crippen molar-refractivity contribution in [2.75, 3.05) is 33.2 Å². The molecule has 6 rings (SSSR count). The minimum atomic E-state index is -0.139. The number of quaternary nitrogens is 1. The second-order valence-electron chi connectivity index (χ2n) is 14.5. The SMILES string of the molecule is CC(=O)O[C@@H]1[C@@H]([N+]2(C)CCCC2)C[C@H]2[C@@H]3CC[C@H]4C[C@H](O)[C@@H](N5CCCC5)C[C@]4(C)[C@H]3CC[C@]12C. The van der Waals surface area contributed by atoms with Crippen molar-refractivity contribution in [1.82, 2.24) is 4.90 Å². The van der Waals surface area contributed by atoms with Crippen LogP contribution in [-0.4, -0.2) is 78.0 Å². The lowest BCUT2D eigenvalue weighted by Gasteiger charge is -2.62. The van der Waals surface area contributed by atoms with Gasteiger partial charge in [0.1, 0.15) is 6.04 Å². The van der Waals surface area contributed by atoms with E-state index in [0.29, 0.717) is 29.3 Å². The lowest BCUT2D eigenvalue weighted by Crippen LogP contribution is -2.60. The van der Waals surface area contributed by atoms with E-state index in [9.17, 15) is 9.90 Å². The average molecular weight is 488 g/mol. The molecule has 0 aromatic rings. The van der Waals surface area contributed by atoms with Gasteiger partial charge in [0, 0.05) is 37.6 Å². The number of aliphatic hydroxyl groups is 1. The summed E-state index contributed by atoms with van der Waals surface area (Å²) in [6.07, 6.45) is 13.7. The fraction of sp³-hybridized carbons (Fsp3) is 0.967. The van der Waals surface area contributed by atoms with Crippen molar-refractivity contribution in [3.05, 3.63) is 0 Å². The molecule has 35 heavy (non-hydrogen) atoms. The summed E-state index contributed by atoms with van der Waals surface area (Å²) in [6.45, 7) is 11.6. The van der Waals surface area contributed by atoms with Gasteiger partial charge in [-0.05, 0) is 93.5 Å². The van der Waals surface area contributed by atoms with Crippen molar-refractivity contribution >= 4 is 5.97 Å². The van der Waals surface area contributed by atoms with E-state index < -0.39 is 0 Å². The molecule has 6 fully saturated rings. The van der Waals surface area contributed by atoms with E-state index in [1.165, 1.54) is 90.4 Å². The highest BCUT2D eigenvalue weighted by Gasteiger charge is 2.67. The number of ether oxygens (including phenoxy) is 1. The summed E-state index contributed by atoms with van der Waals surface area (Å²) in [5.74, 6) is 2.77. The van der Waals surface area contributed by atoms with Crippen molar-refractivity contribution in [2.45, 2.75) is 116 Å². The Morgan fingerprint density at radius 3 is 2.37 bits per heavy atom. The van der Waals surface area contributed by atoms with Crippen LogP contribution in [0.3, 0.4) is 0 Å². The number of carbonyl (C=O) groups is 1. The number of hydrogen-bond acceptors (Lipinski definition) is 4. The Hall–Kier alpha value is -0.650. The number of rotatable bonds is 3. The predicted octanol–water partition coefficient (Wildman–Crippen LogP) is 4.61. The zero-order valence-corrected chi connectivity index (χ0v) is 22.9. The number of fused-ring (bicyclic) bond motifs is 5. The van der Waals surface area contributed by atoms with Crippen LogP contribution in [-0.2, 0) is 9.53 Å². The van der Waals surface area contributed by atoms with Crippen LogP contribution in [0.2, 0.25) is 0 Å². The smallest absolute Gasteiger partial charge is 0.303 e. The van der Waals surface area contributed by atoms with Crippen molar-refractivity contribution < 1.29 is 19.1 Å². The summed E-state index contributed by atoms with van der Waals surface area (Å²) < 4.78 is 7.41. The number of carbonyl (C=O) groups excluding carboxylic acids is 1. The first-order valence-electron chi connectivity index (χ1n) is 15.1. The van der Waals surface area contributed by atoms with Crippen LogP contribution in [0.5, 0.6) is 0 Å². The molecule has 0 spiro atoms. The Bertz CT molecular complexity index is 820. The molecule has 5 nitrogen and oxygen atoms in total. The molecule has 198 valence electrons. The number of esters is 1. The fourth-order valence-corrected chi connectivity index (χ4v) is 11.1. The topological polar surface area (TPSA) is 49.8 Å². The van der Waals surface area contributed by atoms with Crippen LogP contribution in [0.1, 0.15) is 91.4 Å². The zero-order chi connectivity index (χ0) is 24.6. The van der Waals surface area contributed by atoms with Crippen LogP contribution in [0, 0.1) is 34.5 Å². The molecule has 0 aromatic heterocycles. The van der Waals surface area contributed by atoms with Crippen molar-refractivity contribution in [3.8, 4) is 0 Å². The maximum Gasteiger partial charge on any atom is 0.303 e. The van der Waals surface area contributed by atoms with Gasteiger partial charge in [0.2, 0.25) is 0 Å². The number of likely N-dealkylation sites (tertiary alicyclic amines) is 2. The Kier molecular flexibility index (Phi) is 6.13. The van der Waals surface area contributed by atoms with Gasteiger partial charge in [0.15, 0.2) is 6.10 Å². The Morgan fingerprint density at radius 1 is 0.971 bits per heavy atom. The molecule has 5 heteroatoms. The third-order valence-corrected chi connectivity index (χ3v) is 12.9. The molecule has 0 aromatic carbocycles. The molecule has 0 radical (unpaired) electrons. The predicted molar refractivity (Wildman–Crippen MR) is 138 cm³/mol. The van der Waals surface area contributed by atoms with E-state index in [-0.39, 0.29) is 23.6 Å². The summed E-state index contributed by atoms with van der Waals surface area (Å²) >= 11 is 0. The van der Waals surface area contributed by atoms with Gasteiger partial charge in [0.05, 0.1) is 26.2 Å². The minimum Gasteiger partial charge on any atom is -0.456 e. The normalized spacial score (nSPS) is 51.5. The Labute approximate surface area is 213 Å². The molecule has 0 bridgehead atoms. The molecule has 6 aliphatic rings. The lowest BCUT2D eigenvalue weighted by atomic mass is 9.44. The highest BCUT2D eigenvalue weighted by molar-refractivity contribution is 5.66. The third kappa shape index (κ3) is 3.76. The molecular formula is C30H51N2O3+. The molecule has 0 amide bonds. The highest BCUT2D eigenvalue weighted by Crippen LogP contribution is 2.67. The number of nitrogens with zero attached hydrogens (tertiary/aromatic N) is 2. The van der Waals surface area contributed by atoms with E-state index >= 15 is 0 Å². The van der Waals surface area contributed by atoms with Crippen molar-refractivity contribution in [1.29, 1.82) is 0 Å².